The second-order valence-electron chi connectivity index (χ2n) is 4.94. The average Bonchev–Trinajstić information content (AvgIpc) is 2.85. The van der Waals surface area contributed by atoms with Crippen molar-refractivity contribution in [1.82, 2.24) is 15.0 Å². The second kappa shape index (κ2) is 8.34. The molecule has 0 aliphatic carbocycles. The molecule has 116 valence electrons. The van der Waals surface area contributed by atoms with Gasteiger partial charge in [-0.15, -0.1) is 12.4 Å². The van der Waals surface area contributed by atoms with Crippen LogP contribution >= 0.6 is 24.0 Å². The number of benzene rings is 1. The third kappa shape index (κ3) is 5.28. The van der Waals surface area contributed by atoms with Gasteiger partial charge in [0.25, 0.3) is 0 Å². The van der Waals surface area contributed by atoms with Gasteiger partial charge in [0.05, 0.1) is 13.1 Å². The lowest BCUT2D eigenvalue weighted by Gasteiger charge is -2.25. The van der Waals surface area contributed by atoms with Crippen molar-refractivity contribution in [2.75, 3.05) is 0 Å². The topological polar surface area (TPSA) is 68.2 Å². The van der Waals surface area contributed by atoms with E-state index in [1.54, 1.807) is 0 Å². The van der Waals surface area contributed by atoms with Gasteiger partial charge in [-0.2, -0.15) is 4.98 Å². The molecule has 5 nitrogen and oxygen atoms in total. The summed E-state index contributed by atoms with van der Waals surface area (Å²) in [6.07, 6.45) is 0. The summed E-state index contributed by atoms with van der Waals surface area (Å²) in [7, 11) is 0. The Hall–Kier alpha value is -1.14. The molecule has 2 N–H and O–H groups in total. The summed E-state index contributed by atoms with van der Waals surface area (Å²) in [4.78, 5) is 6.49. The Morgan fingerprint density at radius 3 is 2.67 bits per heavy atom. The molecule has 0 amide bonds. The lowest BCUT2D eigenvalue weighted by molar-refractivity contribution is 0.196. The number of hydrogen-bond acceptors (Lipinski definition) is 5. The van der Waals surface area contributed by atoms with Crippen LogP contribution in [0.5, 0.6) is 0 Å². The van der Waals surface area contributed by atoms with Gasteiger partial charge in [-0.25, -0.2) is 0 Å². The van der Waals surface area contributed by atoms with Crippen LogP contribution < -0.4 is 5.73 Å². The summed E-state index contributed by atoms with van der Waals surface area (Å²) in [5.41, 5.74) is 6.63. The summed E-state index contributed by atoms with van der Waals surface area (Å²) >= 11 is 6.02. The normalized spacial score (nSPS) is 11.0. The molecule has 0 bridgehead atoms. The van der Waals surface area contributed by atoms with Gasteiger partial charge in [0, 0.05) is 17.6 Å². The Morgan fingerprint density at radius 1 is 1.33 bits per heavy atom. The third-order valence-electron chi connectivity index (χ3n) is 3.03. The minimum Gasteiger partial charge on any atom is -0.338 e. The monoisotopic (exact) mass is 330 g/mol. The smallest absolute Gasteiger partial charge is 0.240 e. The van der Waals surface area contributed by atoms with Crippen molar-refractivity contribution in [2.24, 2.45) is 5.73 Å². The van der Waals surface area contributed by atoms with Crippen LogP contribution in [0, 0.1) is 0 Å². The minimum absolute atomic E-state index is 0. The standard InChI is InChI=1S/C14H19ClN4O.ClH/c1-10(2)19(8-11-4-3-5-12(15)6-11)9-13-17-14(7-16)20-18-13;/h3-6,10H,7-9,16H2,1-2H3;1H. The molecule has 2 aromatic rings. The largest absolute Gasteiger partial charge is 0.338 e. The minimum atomic E-state index is 0. The van der Waals surface area contributed by atoms with E-state index >= 15 is 0 Å². The lowest BCUT2D eigenvalue weighted by Crippen LogP contribution is -2.30. The van der Waals surface area contributed by atoms with Gasteiger partial charge >= 0.3 is 0 Å². The fourth-order valence-electron chi connectivity index (χ4n) is 1.91. The molecule has 0 fully saturated rings. The highest BCUT2D eigenvalue weighted by atomic mass is 35.5. The first-order valence-electron chi connectivity index (χ1n) is 6.58. The molecule has 0 saturated heterocycles. The SMILES string of the molecule is CC(C)N(Cc1cccc(Cl)c1)Cc1noc(CN)n1.Cl. The van der Waals surface area contributed by atoms with Gasteiger partial charge in [0.1, 0.15) is 0 Å². The van der Waals surface area contributed by atoms with Crippen LogP contribution in [0.4, 0.5) is 0 Å². The molecule has 21 heavy (non-hydrogen) atoms. The van der Waals surface area contributed by atoms with E-state index in [9.17, 15) is 0 Å². The molecule has 7 heteroatoms. The van der Waals surface area contributed by atoms with E-state index in [0.29, 0.717) is 24.3 Å². The molecular formula is C14H20Cl2N4O. The number of nitrogens with two attached hydrogens (primary N) is 1. The molecule has 1 heterocycles. The van der Waals surface area contributed by atoms with Gasteiger partial charge in [-0.3, -0.25) is 4.90 Å². The predicted octanol–water partition coefficient (Wildman–Crippen LogP) is 3.01. The fourth-order valence-corrected chi connectivity index (χ4v) is 2.12. The molecule has 1 aromatic heterocycles. The molecule has 0 radical (unpaired) electrons. The Balaban J connectivity index is 0.00000220. The maximum absolute atomic E-state index is 6.02. The number of halogens is 2. The van der Waals surface area contributed by atoms with E-state index in [0.717, 1.165) is 17.1 Å². The highest BCUT2D eigenvalue weighted by molar-refractivity contribution is 6.30. The molecule has 0 aliphatic rings. The number of rotatable bonds is 6. The van der Waals surface area contributed by atoms with Crippen molar-refractivity contribution in [1.29, 1.82) is 0 Å². The Bertz CT molecular complexity index is 559. The van der Waals surface area contributed by atoms with Gasteiger partial charge in [-0.1, -0.05) is 28.9 Å². The fraction of sp³-hybridized carbons (Fsp3) is 0.429. The Labute approximate surface area is 135 Å². The first kappa shape index (κ1) is 17.9. The van der Waals surface area contributed by atoms with Crippen molar-refractivity contribution in [3.8, 4) is 0 Å². The van der Waals surface area contributed by atoms with Crippen molar-refractivity contribution in [3.05, 3.63) is 46.6 Å². The molecular weight excluding hydrogens is 311 g/mol. The van der Waals surface area contributed by atoms with E-state index in [1.807, 2.05) is 18.2 Å². The van der Waals surface area contributed by atoms with Gasteiger partial charge in [0.2, 0.25) is 5.89 Å². The summed E-state index contributed by atoms with van der Waals surface area (Å²) in [6, 6.07) is 8.21. The van der Waals surface area contributed by atoms with Crippen LogP contribution in [0.25, 0.3) is 0 Å². The first-order chi connectivity index (χ1) is 9.58. The second-order valence-corrected chi connectivity index (χ2v) is 5.37. The number of aromatic nitrogens is 2. The zero-order valence-corrected chi connectivity index (χ0v) is 13.7. The van der Waals surface area contributed by atoms with Crippen LogP contribution in [0.1, 0.15) is 31.1 Å². The van der Waals surface area contributed by atoms with Crippen LogP contribution in [0.15, 0.2) is 28.8 Å². The van der Waals surface area contributed by atoms with E-state index in [2.05, 4.69) is 35.0 Å². The van der Waals surface area contributed by atoms with Gasteiger partial charge in [-0.05, 0) is 31.5 Å². The molecule has 0 spiro atoms. The molecule has 0 unspecified atom stereocenters. The molecule has 1 aromatic carbocycles. The van der Waals surface area contributed by atoms with Crippen LogP contribution in [-0.2, 0) is 19.6 Å². The molecule has 0 saturated carbocycles. The van der Waals surface area contributed by atoms with E-state index in [1.165, 1.54) is 0 Å². The maximum atomic E-state index is 6.02. The Morgan fingerprint density at radius 2 is 2.10 bits per heavy atom. The van der Waals surface area contributed by atoms with Crippen molar-refractivity contribution in [2.45, 2.75) is 39.5 Å². The highest BCUT2D eigenvalue weighted by Crippen LogP contribution is 2.15. The zero-order chi connectivity index (χ0) is 14.5. The molecule has 0 aliphatic heterocycles. The lowest BCUT2D eigenvalue weighted by atomic mass is 10.2. The first-order valence-corrected chi connectivity index (χ1v) is 6.96. The quantitative estimate of drug-likeness (QED) is 0.881. The maximum Gasteiger partial charge on any atom is 0.240 e. The molecule has 0 atom stereocenters. The third-order valence-corrected chi connectivity index (χ3v) is 3.27. The van der Waals surface area contributed by atoms with E-state index in [-0.39, 0.29) is 19.0 Å². The predicted molar refractivity (Wildman–Crippen MR) is 85.3 cm³/mol. The summed E-state index contributed by atoms with van der Waals surface area (Å²) in [5.74, 6) is 1.12. The van der Waals surface area contributed by atoms with Crippen molar-refractivity contribution >= 4 is 24.0 Å². The van der Waals surface area contributed by atoms with E-state index in [4.69, 9.17) is 21.9 Å². The van der Waals surface area contributed by atoms with Gasteiger partial charge < -0.3 is 10.3 Å². The Kier molecular flexibility index (Phi) is 7.11. The zero-order valence-electron chi connectivity index (χ0n) is 12.1. The van der Waals surface area contributed by atoms with Crippen LogP contribution in [-0.4, -0.2) is 21.1 Å². The van der Waals surface area contributed by atoms with Crippen molar-refractivity contribution in [3.63, 3.8) is 0 Å². The highest BCUT2D eigenvalue weighted by Gasteiger charge is 2.14. The summed E-state index contributed by atoms with van der Waals surface area (Å²) in [6.45, 7) is 5.93. The number of nitrogens with zero attached hydrogens (tertiary/aromatic N) is 3. The summed E-state index contributed by atoms with van der Waals surface area (Å²) < 4.78 is 5.03. The van der Waals surface area contributed by atoms with Gasteiger partial charge in [0.15, 0.2) is 5.82 Å². The average molecular weight is 331 g/mol. The number of hydrogen-bond donors (Lipinski definition) is 1. The molecule has 2 rings (SSSR count). The summed E-state index contributed by atoms with van der Waals surface area (Å²) in [5, 5.41) is 4.68. The van der Waals surface area contributed by atoms with Crippen LogP contribution in [0.3, 0.4) is 0 Å². The van der Waals surface area contributed by atoms with Crippen LogP contribution in [0.2, 0.25) is 5.02 Å². The van der Waals surface area contributed by atoms with E-state index < -0.39 is 0 Å². The van der Waals surface area contributed by atoms with Crippen molar-refractivity contribution < 1.29 is 4.52 Å².